The zero-order valence-corrected chi connectivity index (χ0v) is 12.0. The van der Waals surface area contributed by atoms with Gasteiger partial charge in [0.1, 0.15) is 5.75 Å². The zero-order chi connectivity index (χ0) is 14.3. The Balaban J connectivity index is 1.63. The van der Waals surface area contributed by atoms with Crippen molar-refractivity contribution < 1.29 is 19.3 Å². The van der Waals surface area contributed by atoms with E-state index in [1.165, 1.54) is 0 Å². The van der Waals surface area contributed by atoms with E-state index in [4.69, 9.17) is 14.2 Å². The Morgan fingerprint density at radius 3 is 2.10 bits per heavy atom. The molecule has 114 valence electrons. The molecule has 3 fully saturated rings. The van der Waals surface area contributed by atoms with Crippen molar-refractivity contribution in [1.29, 1.82) is 0 Å². The molecule has 1 aromatic carbocycles. The van der Waals surface area contributed by atoms with Crippen molar-refractivity contribution >= 4 is 0 Å². The average Bonchev–Trinajstić information content (AvgIpc) is 3.33. The molecular formula is C16H21NO4. The van der Waals surface area contributed by atoms with Crippen LogP contribution in [-0.2, 0) is 19.7 Å². The number of para-hydroxylation sites is 1. The van der Waals surface area contributed by atoms with Crippen LogP contribution in [0.2, 0.25) is 0 Å². The first-order chi connectivity index (χ1) is 10.3. The van der Waals surface area contributed by atoms with Gasteiger partial charge in [-0.2, -0.15) is 0 Å². The van der Waals surface area contributed by atoms with Crippen LogP contribution in [-0.4, -0.2) is 49.8 Å². The van der Waals surface area contributed by atoms with Gasteiger partial charge in [0.25, 0.3) is 0 Å². The summed E-state index contributed by atoms with van der Waals surface area (Å²) < 4.78 is 16.2. The Morgan fingerprint density at radius 1 is 1.00 bits per heavy atom. The van der Waals surface area contributed by atoms with Gasteiger partial charge in [-0.05, 0) is 18.9 Å². The van der Waals surface area contributed by atoms with Crippen LogP contribution in [0.4, 0.5) is 0 Å². The van der Waals surface area contributed by atoms with Gasteiger partial charge in [-0.25, -0.2) is 0 Å². The van der Waals surface area contributed by atoms with E-state index in [1.807, 2.05) is 18.2 Å². The van der Waals surface area contributed by atoms with Gasteiger partial charge in [-0.15, -0.1) is 0 Å². The molecule has 0 radical (unpaired) electrons. The van der Waals surface area contributed by atoms with E-state index in [9.17, 15) is 5.11 Å². The quantitative estimate of drug-likeness (QED) is 0.703. The van der Waals surface area contributed by atoms with Crippen LogP contribution in [0.25, 0.3) is 0 Å². The molecule has 0 spiro atoms. The lowest BCUT2D eigenvalue weighted by Crippen LogP contribution is -2.46. The van der Waals surface area contributed by atoms with E-state index in [-0.39, 0.29) is 17.7 Å². The molecule has 0 saturated carbocycles. The Morgan fingerprint density at radius 2 is 1.57 bits per heavy atom. The van der Waals surface area contributed by atoms with Gasteiger partial charge < -0.3 is 24.6 Å². The smallest absolute Gasteiger partial charge is 0.120 e. The molecule has 4 rings (SSSR count). The van der Waals surface area contributed by atoms with Crippen molar-refractivity contribution in [3.63, 3.8) is 0 Å². The SMILES string of the molecule is Oc1ccccc1C(CC1CO1)(CC1CO1)NCC1CO1. The largest absolute Gasteiger partial charge is 0.508 e. The lowest BCUT2D eigenvalue weighted by atomic mass is 9.80. The van der Waals surface area contributed by atoms with Crippen LogP contribution in [0.1, 0.15) is 18.4 Å². The lowest BCUT2D eigenvalue weighted by Gasteiger charge is -2.35. The van der Waals surface area contributed by atoms with E-state index in [2.05, 4.69) is 5.32 Å². The number of benzene rings is 1. The number of epoxide rings is 3. The van der Waals surface area contributed by atoms with Gasteiger partial charge in [0.05, 0.1) is 43.7 Å². The summed E-state index contributed by atoms with van der Waals surface area (Å²) in [6, 6.07) is 7.58. The average molecular weight is 291 g/mol. The summed E-state index contributed by atoms with van der Waals surface area (Å²) in [5.41, 5.74) is 0.635. The van der Waals surface area contributed by atoms with Crippen LogP contribution in [0.15, 0.2) is 24.3 Å². The second-order valence-electron chi connectivity index (χ2n) is 6.25. The Labute approximate surface area is 124 Å². The molecule has 3 aliphatic rings. The zero-order valence-electron chi connectivity index (χ0n) is 12.0. The molecule has 3 heterocycles. The number of nitrogens with one attached hydrogen (secondary N) is 1. The molecule has 2 N–H and O–H groups in total. The van der Waals surface area contributed by atoms with Gasteiger partial charge in [-0.3, -0.25) is 0 Å². The molecule has 3 unspecified atom stereocenters. The number of rotatable bonds is 8. The molecule has 0 aromatic heterocycles. The summed E-state index contributed by atoms with van der Waals surface area (Å²) in [5.74, 6) is 0.336. The maximum Gasteiger partial charge on any atom is 0.120 e. The predicted molar refractivity (Wildman–Crippen MR) is 76.2 cm³/mol. The summed E-state index contributed by atoms with van der Waals surface area (Å²) in [4.78, 5) is 0. The van der Waals surface area contributed by atoms with Crippen LogP contribution < -0.4 is 5.32 Å². The third-order valence-electron chi connectivity index (χ3n) is 4.45. The van der Waals surface area contributed by atoms with E-state index in [0.29, 0.717) is 11.9 Å². The first-order valence-corrected chi connectivity index (χ1v) is 7.63. The van der Waals surface area contributed by atoms with E-state index in [1.54, 1.807) is 6.07 Å². The van der Waals surface area contributed by atoms with Crippen molar-refractivity contribution in [1.82, 2.24) is 5.32 Å². The molecule has 1 aromatic rings. The Bertz CT molecular complexity index is 495. The minimum atomic E-state index is -0.306. The minimum absolute atomic E-state index is 0.274. The molecule has 3 saturated heterocycles. The van der Waals surface area contributed by atoms with E-state index >= 15 is 0 Å². The van der Waals surface area contributed by atoms with Crippen LogP contribution in [0.5, 0.6) is 5.75 Å². The number of hydrogen-bond donors (Lipinski definition) is 2. The van der Waals surface area contributed by atoms with E-state index < -0.39 is 0 Å². The maximum absolute atomic E-state index is 10.3. The summed E-state index contributed by atoms with van der Waals surface area (Å²) in [5, 5.41) is 14.0. The van der Waals surface area contributed by atoms with Crippen molar-refractivity contribution in [2.75, 3.05) is 26.4 Å². The fourth-order valence-corrected chi connectivity index (χ4v) is 3.07. The highest BCUT2D eigenvalue weighted by atomic mass is 16.6. The highest BCUT2D eigenvalue weighted by Crippen LogP contribution is 2.42. The van der Waals surface area contributed by atoms with Gasteiger partial charge in [-0.1, -0.05) is 18.2 Å². The monoisotopic (exact) mass is 291 g/mol. The second-order valence-corrected chi connectivity index (χ2v) is 6.25. The van der Waals surface area contributed by atoms with Crippen molar-refractivity contribution in [3.8, 4) is 5.75 Å². The fourth-order valence-electron chi connectivity index (χ4n) is 3.07. The van der Waals surface area contributed by atoms with Crippen molar-refractivity contribution in [2.24, 2.45) is 0 Å². The maximum atomic E-state index is 10.3. The van der Waals surface area contributed by atoms with Crippen LogP contribution in [0, 0.1) is 0 Å². The summed E-state index contributed by atoms with van der Waals surface area (Å²) in [6.45, 7) is 3.24. The minimum Gasteiger partial charge on any atom is -0.508 e. The number of phenols is 1. The third kappa shape index (κ3) is 3.21. The van der Waals surface area contributed by atoms with Gasteiger partial charge in [0.15, 0.2) is 0 Å². The molecule has 3 atom stereocenters. The normalized spacial score (nSPS) is 32.5. The summed E-state index contributed by atoms with van der Waals surface area (Å²) in [6.07, 6.45) is 2.57. The summed E-state index contributed by atoms with van der Waals surface area (Å²) in [7, 11) is 0. The molecule has 0 amide bonds. The van der Waals surface area contributed by atoms with Gasteiger partial charge >= 0.3 is 0 Å². The molecule has 21 heavy (non-hydrogen) atoms. The standard InChI is InChI=1S/C16H21NO4/c18-15-4-2-1-3-14(15)16(5-11-8-19-11,6-12-9-20-12)17-7-13-10-21-13/h1-4,11-13,17-18H,5-10H2. The van der Waals surface area contributed by atoms with Gasteiger partial charge in [0.2, 0.25) is 0 Å². The fraction of sp³-hybridized carbons (Fsp3) is 0.625. The first-order valence-electron chi connectivity index (χ1n) is 7.63. The van der Waals surface area contributed by atoms with E-state index in [0.717, 1.165) is 44.8 Å². The third-order valence-corrected chi connectivity index (χ3v) is 4.45. The highest BCUT2D eigenvalue weighted by Gasteiger charge is 2.45. The number of phenolic OH excluding ortho intramolecular Hbond substituents is 1. The number of ether oxygens (including phenoxy) is 3. The Kier molecular flexibility index (Phi) is 3.38. The van der Waals surface area contributed by atoms with Crippen molar-refractivity contribution in [2.45, 2.75) is 36.7 Å². The van der Waals surface area contributed by atoms with Crippen LogP contribution in [0.3, 0.4) is 0 Å². The molecule has 0 aliphatic carbocycles. The highest BCUT2D eigenvalue weighted by molar-refractivity contribution is 5.39. The number of aromatic hydroxyl groups is 1. The van der Waals surface area contributed by atoms with Crippen molar-refractivity contribution in [3.05, 3.63) is 29.8 Å². The molecule has 0 bridgehead atoms. The first kappa shape index (κ1) is 13.5. The number of hydrogen-bond acceptors (Lipinski definition) is 5. The molecular weight excluding hydrogens is 270 g/mol. The van der Waals surface area contributed by atoms with Crippen LogP contribution >= 0.6 is 0 Å². The summed E-state index contributed by atoms with van der Waals surface area (Å²) >= 11 is 0. The Hall–Kier alpha value is -1.14. The predicted octanol–water partition coefficient (Wildman–Crippen LogP) is 1.15. The topological polar surface area (TPSA) is 69.8 Å². The molecule has 5 nitrogen and oxygen atoms in total. The van der Waals surface area contributed by atoms with Gasteiger partial charge in [0, 0.05) is 12.1 Å². The molecule has 3 aliphatic heterocycles. The lowest BCUT2D eigenvalue weighted by molar-refractivity contribution is 0.212. The molecule has 5 heteroatoms. The second kappa shape index (κ2) is 5.25.